The number of amides is 1. The number of carboxylic acids is 1. The highest BCUT2D eigenvalue weighted by Crippen LogP contribution is 2.16. The Bertz CT molecular complexity index is 586. The molecule has 0 aliphatic heterocycles. The van der Waals surface area contributed by atoms with Crippen LogP contribution in [0, 0.1) is 5.82 Å². The molecule has 5 nitrogen and oxygen atoms in total. The first kappa shape index (κ1) is 17.3. The van der Waals surface area contributed by atoms with Crippen molar-refractivity contribution in [2.45, 2.75) is 37.6 Å². The number of aromatic carboxylic acids is 1. The minimum absolute atomic E-state index is 0.172. The first-order valence-electron chi connectivity index (χ1n) is 6.38. The lowest BCUT2D eigenvalue weighted by atomic mass is 10.0. The molecule has 0 heterocycles. The Morgan fingerprint density at radius 2 is 2.00 bits per heavy atom. The quantitative estimate of drug-likeness (QED) is 0.840. The Kier molecular flexibility index (Phi) is 5.60. The highest BCUT2D eigenvalue weighted by molar-refractivity contribution is 7.85. The van der Waals surface area contributed by atoms with Gasteiger partial charge >= 0.3 is 5.97 Å². The van der Waals surface area contributed by atoms with E-state index < -0.39 is 39.8 Å². The summed E-state index contributed by atoms with van der Waals surface area (Å²) in [5.41, 5.74) is -0.614. The van der Waals surface area contributed by atoms with Crippen LogP contribution in [0.3, 0.4) is 0 Å². The van der Waals surface area contributed by atoms with E-state index in [2.05, 4.69) is 5.32 Å². The number of nitrogens with one attached hydrogen (secondary N) is 1. The second kappa shape index (κ2) is 6.80. The molecule has 0 saturated heterocycles. The summed E-state index contributed by atoms with van der Waals surface area (Å²) in [6.07, 6.45) is 0.689. The number of halogens is 1. The van der Waals surface area contributed by atoms with E-state index in [4.69, 9.17) is 5.11 Å². The van der Waals surface area contributed by atoms with Gasteiger partial charge in [0.1, 0.15) is 11.6 Å². The maximum absolute atomic E-state index is 13.6. The molecular formula is C14H18FNO4S. The van der Waals surface area contributed by atoms with Gasteiger partial charge in [0, 0.05) is 5.54 Å². The van der Waals surface area contributed by atoms with Gasteiger partial charge in [0.25, 0.3) is 0 Å². The third kappa shape index (κ3) is 4.93. The van der Waals surface area contributed by atoms with E-state index in [9.17, 15) is 18.2 Å². The van der Waals surface area contributed by atoms with Crippen molar-refractivity contribution in [1.82, 2.24) is 5.32 Å². The van der Waals surface area contributed by atoms with Gasteiger partial charge in [-0.1, -0.05) is 6.92 Å². The third-order valence-corrected chi connectivity index (χ3v) is 4.38. The fraction of sp³-hybridized carbons (Fsp3) is 0.429. The van der Waals surface area contributed by atoms with Crippen LogP contribution in [0.1, 0.15) is 37.6 Å². The van der Waals surface area contributed by atoms with E-state index >= 15 is 0 Å². The van der Waals surface area contributed by atoms with E-state index in [1.807, 2.05) is 20.8 Å². The van der Waals surface area contributed by atoms with Gasteiger partial charge < -0.3 is 10.4 Å². The standard InChI is InChI=1S/C14H18FNO4S/c1-4-14(2,3)16-12(17)8-21(20)11-7-9(13(18)19)5-6-10(11)15/h5-7H,4,8H2,1-3H3,(H,16,17)(H,18,19). The van der Waals surface area contributed by atoms with Crippen molar-refractivity contribution in [3.63, 3.8) is 0 Å². The molecule has 0 aromatic heterocycles. The second-order valence-corrected chi connectivity index (χ2v) is 6.65. The zero-order valence-corrected chi connectivity index (χ0v) is 12.9. The summed E-state index contributed by atoms with van der Waals surface area (Å²) in [5.74, 6) is -2.92. The monoisotopic (exact) mass is 315 g/mol. The van der Waals surface area contributed by atoms with Gasteiger partial charge in [-0.3, -0.25) is 9.00 Å². The van der Waals surface area contributed by atoms with Crippen LogP contribution in [0.4, 0.5) is 4.39 Å². The van der Waals surface area contributed by atoms with E-state index in [0.29, 0.717) is 6.42 Å². The molecular weight excluding hydrogens is 297 g/mol. The molecule has 1 rings (SSSR count). The predicted octanol–water partition coefficient (Wildman–Crippen LogP) is 1.94. The van der Waals surface area contributed by atoms with Crippen molar-refractivity contribution >= 4 is 22.7 Å². The molecule has 0 bridgehead atoms. The molecule has 0 radical (unpaired) electrons. The molecule has 7 heteroatoms. The summed E-state index contributed by atoms with van der Waals surface area (Å²) in [5, 5.41) is 11.5. The van der Waals surface area contributed by atoms with E-state index in [-0.39, 0.29) is 10.5 Å². The second-order valence-electron chi connectivity index (χ2n) is 5.23. The molecule has 0 fully saturated rings. The highest BCUT2D eigenvalue weighted by Gasteiger charge is 2.21. The molecule has 0 spiro atoms. The fourth-order valence-corrected chi connectivity index (χ4v) is 2.52. The van der Waals surface area contributed by atoms with Crippen molar-refractivity contribution in [1.29, 1.82) is 0 Å². The lowest BCUT2D eigenvalue weighted by Crippen LogP contribution is -2.44. The Balaban J connectivity index is 2.87. The number of hydrogen-bond donors (Lipinski definition) is 2. The van der Waals surface area contributed by atoms with Crippen LogP contribution in [0.2, 0.25) is 0 Å². The predicted molar refractivity (Wildman–Crippen MR) is 77.1 cm³/mol. The normalized spacial score (nSPS) is 12.8. The van der Waals surface area contributed by atoms with Crippen molar-refractivity contribution in [3.8, 4) is 0 Å². The maximum Gasteiger partial charge on any atom is 0.335 e. The lowest BCUT2D eigenvalue weighted by molar-refractivity contribution is -0.120. The minimum atomic E-state index is -1.94. The number of hydrogen-bond acceptors (Lipinski definition) is 3. The average Bonchev–Trinajstić information content (AvgIpc) is 2.37. The molecule has 1 amide bonds. The molecule has 1 aromatic carbocycles. The van der Waals surface area contributed by atoms with E-state index in [1.54, 1.807) is 0 Å². The number of benzene rings is 1. The Labute approximate surface area is 125 Å². The fourth-order valence-electron chi connectivity index (χ4n) is 1.51. The average molecular weight is 315 g/mol. The summed E-state index contributed by atoms with van der Waals surface area (Å²) >= 11 is 0. The van der Waals surface area contributed by atoms with Crippen LogP contribution in [0.5, 0.6) is 0 Å². The number of rotatable bonds is 6. The van der Waals surface area contributed by atoms with Crippen LogP contribution in [0.15, 0.2) is 23.1 Å². The molecule has 116 valence electrons. The number of carbonyl (C=O) groups is 2. The summed E-state index contributed by atoms with van der Waals surface area (Å²) in [4.78, 5) is 22.3. The van der Waals surface area contributed by atoms with Gasteiger partial charge in [0.15, 0.2) is 0 Å². The summed E-state index contributed by atoms with van der Waals surface area (Å²) < 4.78 is 25.7. The molecule has 0 aliphatic rings. The summed E-state index contributed by atoms with van der Waals surface area (Å²) in [6.45, 7) is 5.53. The number of carboxylic acid groups (broad SMARTS) is 1. The third-order valence-electron chi connectivity index (χ3n) is 3.05. The van der Waals surface area contributed by atoms with Crippen molar-refractivity contribution in [3.05, 3.63) is 29.6 Å². The van der Waals surface area contributed by atoms with Crippen molar-refractivity contribution < 1.29 is 23.3 Å². The van der Waals surface area contributed by atoms with Crippen LogP contribution < -0.4 is 5.32 Å². The van der Waals surface area contributed by atoms with Crippen LogP contribution in [0.25, 0.3) is 0 Å². The zero-order valence-electron chi connectivity index (χ0n) is 12.1. The molecule has 1 aromatic rings. The van der Waals surface area contributed by atoms with Gasteiger partial charge in [0.05, 0.1) is 21.3 Å². The van der Waals surface area contributed by atoms with Crippen LogP contribution >= 0.6 is 0 Å². The topological polar surface area (TPSA) is 83.5 Å². The Morgan fingerprint density at radius 1 is 1.38 bits per heavy atom. The SMILES string of the molecule is CCC(C)(C)NC(=O)CS(=O)c1cc(C(=O)O)ccc1F. The Hall–Kier alpha value is -1.76. The van der Waals surface area contributed by atoms with Gasteiger partial charge in [-0.2, -0.15) is 0 Å². The van der Waals surface area contributed by atoms with Crippen molar-refractivity contribution in [2.75, 3.05) is 5.75 Å². The van der Waals surface area contributed by atoms with E-state index in [1.165, 1.54) is 0 Å². The first-order chi connectivity index (χ1) is 9.66. The van der Waals surface area contributed by atoms with Crippen LogP contribution in [-0.2, 0) is 15.6 Å². The molecule has 21 heavy (non-hydrogen) atoms. The van der Waals surface area contributed by atoms with Gasteiger partial charge in [-0.25, -0.2) is 9.18 Å². The van der Waals surface area contributed by atoms with Gasteiger partial charge in [-0.05, 0) is 38.5 Å². The Morgan fingerprint density at radius 3 is 2.52 bits per heavy atom. The molecule has 1 atom stereocenters. The highest BCUT2D eigenvalue weighted by atomic mass is 32.2. The molecule has 2 N–H and O–H groups in total. The zero-order chi connectivity index (χ0) is 16.2. The summed E-state index contributed by atoms with van der Waals surface area (Å²) in [7, 11) is -1.94. The largest absolute Gasteiger partial charge is 0.478 e. The number of carbonyl (C=O) groups excluding carboxylic acids is 1. The van der Waals surface area contributed by atoms with Gasteiger partial charge in [0.2, 0.25) is 5.91 Å². The lowest BCUT2D eigenvalue weighted by Gasteiger charge is -2.24. The first-order valence-corrected chi connectivity index (χ1v) is 7.70. The molecule has 0 aliphatic carbocycles. The molecule has 0 saturated carbocycles. The maximum atomic E-state index is 13.6. The van der Waals surface area contributed by atoms with E-state index in [0.717, 1.165) is 18.2 Å². The van der Waals surface area contributed by atoms with Crippen molar-refractivity contribution in [2.24, 2.45) is 0 Å². The molecule has 1 unspecified atom stereocenters. The minimum Gasteiger partial charge on any atom is -0.478 e. The van der Waals surface area contributed by atoms with Gasteiger partial charge in [-0.15, -0.1) is 0 Å². The summed E-state index contributed by atoms with van der Waals surface area (Å²) in [6, 6.07) is 3.01. The smallest absolute Gasteiger partial charge is 0.335 e. The van der Waals surface area contributed by atoms with Crippen LogP contribution in [-0.4, -0.2) is 32.5 Å².